The number of hydrogen-bond donors (Lipinski definition) is 0. The number of nitrogens with zero attached hydrogens (tertiary/aromatic N) is 4. The van der Waals surface area contributed by atoms with Crippen LogP contribution >= 0.6 is 0 Å². The number of aromatic nitrogens is 2. The summed E-state index contributed by atoms with van der Waals surface area (Å²) >= 11 is 0. The number of hydrogen-bond acceptors (Lipinski definition) is 7. The van der Waals surface area contributed by atoms with Gasteiger partial charge in [-0.05, 0) is 45.7 Å². The van der Waals surface area contributed by atoms with Crippen molar-refractivity contribution in [3.8, 4) is 11.6 Å². The normalized spacial score (nSPS) is 15.5. The van der Waals surface area contributed by atoms with E-state index in [1.54, 1.807) is 13.2 Å². The van der Waals surface area contributed by atoms with Crippen molar-refractivity contribution < 1.29 is 17.9 Å². The van der Waals surface area contributed by atoms with Gasteiger partial charge in [0.15, 0.2) is 0 Å². The molecule has 0 unspecified atom stereocenters. The lowest BCUT2D eigenvalue weighted by Gasteiger charge is -2.35. The van der Waals surface area contributed by atoms with Gasteiger partial charge in [0.05, 0.1) is 18.1 Å². The van der Waals surface area contributed by atoms with E-state index < -0.39 is 10.0 Å². The molecule has 2 heterocycles. The first-order chi connectivity index (χ1) is 14.1. The van der Waals surface area contributed by atoms with Crippen molar-refractivity contribution in [2.75, 3.05) is 38.2 Å². The molecule has 1 aromatic carbocycles. The van der Waals surface area contributed by atoms with Gasteiger partial charge >= 0.3 is 0 Å². The summed E-state index contributed by atoms with van der Waals surface area (Å²) in [7, 11) is -2.06. The topological polar surface area (TPSA) is 84.9 Å². The predicted octanol–water partition coefficient (Wildman–Crippen LogP) is 2.71. The number of piperazine rings is 1. The Bertz CT molecular complexity index is 1020. The van der Waals surface area contributed by atoms with Gasteiger partial charge in [-0.25, -0.2) is 13.4 Å². The van der Waals surface area contributed by atoms with Crippen LogP contribution in [0.2, 0.25) is 0 Å². The largest absolute Gasteiger partial charge is 0.496 e. The lowest BCUT2D eigenvalue weighted by molar-refractivity contribution is 0.231. The first-order valence-electron chi connectivity index (χ1n) is 10.0. The van der Waals surface area contributed by atoms with Crippen molar-refractivity contribution in [2.45, 2.75) is 45.6 Å². The molecule has 0 aliphatic carbocycles. The monoisotopic (exact) mass is 434 g/mol. The van der Waals surface area contributed by atoms with Gasteiger partial charge in [0.2, 0.25) is 15.9 Å². The minimum atomic E-state index is -3.61. The molecule has 1 aliphatic rings. The molecule has 0 radical (unpaired) electrons. The summed E-state index contributed by atoms with van der Waals surface area (Å²) in [5.41, 5.74) is 1.63. The molecule has 1 fully saturated rings. The lowest BCUT2D eigenvalue weighted by atomic mass is 10.1. The van der Waals surface area contributed by atoms with E-state index in [4.69, 9.17) is 9.47 Å². The Kier molecular flexibility index (Phi) is 6.52. The second-order valence-electron chi connectivity index (χ2n) is 7.76. The second kappa shape index (κ2) is 8.77. The van der Waals surface area contributed by atoms with Crippen molar-refractivity contribution in [1.29, 1.82) is 0 Å². The molecule has 0 saturated carbocycles. The van der Waals surface area contributed by atoms with Crippen LogP contribution in [-0.4, -0.2) is 62.1 Å². The molecule has 1 aliphatic heterocycles. The summed E-state index contributed by atoms with van der Waals surface area (Å²) in [4.78, 5) is 11.2. The van der Waals surface area contributed by atoms with E-state index in [1.807, 2.05) is 46.8 Å². The van der Waals surface area contributed by atoms with Crippen LogP contribution in [0.4, 0.5) is 5.82 Å². The maximum absolute atomic E-state index is 13.3. The van der Waals surface area contributed by atoms with E-state index in [0.717, 1.165) is 16.9 Å². The maximum atomic E-state index is 13.3. The molecule has 1 aromatic heterocycles. The number of rotatable bonds is 6. The van der Waals surface area contributed by atoms with Gasteiger partial charge in [-0.1, -0.05) is 6.07 Å². The minimum absolute atomic E-state index is 0.0175. The van der Waals surface area contributed by atoms with E-state index in [1.165, 1.54) is 4.31 Å². The first kappa shape index (κ1) is 22.3. The molecule has 0 N–H and O–H groups in total. The van der Waals surface area contributed by atoms with E-state index in [9.17, 15) is 8.42 Å². The fourth-order valence-electron chi connectivity index (χ4n) is 3.60. The summed E-state index contributed by atoms with van der Waals surface area (Å²) < 4.78 is 39.1. The highest BCUT2D eigenvalue weighted by Gasteiger charge is 2.31. The van der Waals surface area contributed by atoms with Gasteiger partial charge in [-0.2, -0.15) is 9.29 Å². The number of benzene rings is 1. The summed E-state index contributed by atoms with van der Waals surface area (Å²) in [5, 5.41) is 0. The van der Waals surface area contributed by atoms with Gasteiger partial charge in [-0.15, -0.1) is 0 Å². The second-order valence-corrected chi connectivity index (χ2v) is 9.66. The quantitative estimate of drug-likeness (QED) is 0.691. The third-order valence-corrected chi connectivity index (χ3v) is 7.07. The molecule has 0 amide bonds. The molecule has 9 heteroatoms. The van der Waals surface area contributed by atoms with Crippen molar-refractivity contribution in [1.82, 2.24) is 14.3 Å². The van der Waals surface area contributed by atoms with E-state index in [2.05, 4.69) is 14.9 Å². The lowest BCUT2D eigenvalue weighted by Crippen LogP contribution is -2.49. The number of ether oxygens (including phenoxy) is 2. The molecule has 0 spiro atoms. The molecule has 8 nitrogen and oxygen atoms in total. The zero-order valence-electron chi connectivity index (χ0n) is 18.5. The highest BCUT2D eigenvalue weighted by atomic mass is 32.2. The molecule has 30 heavy (non-hydrogen) atoms. The Labute approximate surface area is 178 Å². The third kappa shape index (κ3) is 4.67. The minimum Gasteiger partial charge on any atom is -0.496 e. The van der Waals surface area contributed by atoms with Gasteiger partial charge in [0, 0.05) is 38.3 Å². The van der Waals surface area contributed by atoms with Gasteiger partial charge in [0.1, 0.15) is 17.4 Å². The van der Waals surface area contributed by atoms with Crippen molar-refractivity contribution >= 4 is 15.8 Å². The van der Waals surface area contributed by atoms with Crippen LogP contribution in [0.5, 0.6) is 11.6 Å². The molecule has 1 saturated heterocycles. The van der Waals surface area contributed by atoms with Crippen molar-refractivity contribution in [3.63, 3.8) is 0 Å². The van der Waals surface area contributed by atoms with Crippen LogP contribution in [0.25, 0.3) is 0 Å². The van der Waals surface area contributed by atoms with Crippen LogP contribution in [-0.2, 0) is 10.0 Å². The van der Waals surface area contributed by atoms with Crippen LogP contribution in [0, 0.1) is 20.8 Å². The number of methoxy groups -OCH3 is 1. The van der Waals surface area contributed by atoms with Crippen molar-refractivity contribution in [3.05, 3.63) is 35.2 Å². The average molecular weight is 435 g/mol. The smallest absolute Gasteiger partial charge is 0.243 e. The van der Waals surface area contributed by atoms with Crippen LogP contribution < -0.4 is 14.4 Å². The summed E-state index contributed by atoms with van der Waals surface area (Å²) in [6, 6.07) is 5.28. The molecular formula is C21H30N4O4S. The third-order valence-electron chi connectivity index (χ3n) is 5.03. The molecule has 0 atom stereocenters. The average Bonchev–Trinajstić information content (AvgIpc) is 2.67. The summed E-state index contributed by atoms with van der Waals surface area (Å²) in [5.74, 6) is 2.49. The number of sulfonamides is 1. The molecular weight excluding hydrogens is 404 g/mol. The van der Waals surface area contributed by atoms with E-state index in [0.29, 0.717) is 48.5 Å². The SMILES string of the molecule is COc1cc(S(=O)(=O)N2CCN(c3cc(OC(C)C)nc(C)n3)CC2)c(C)cc1C. The van der Waals surface area contributed by atoms with Gasteiger partial charge < -0.3 is 14.4 Å². The molecule has 3 rings (SSSR count). The Morgan fingerprint density at radius 1 is 0.967 bits per heavy atom. The Morgan fingerprint density at radius 3 is 2.23 bits per heavy atom. The van der Waals surface area contributed by atoms with Crippen LogP contribution in [0.3, 0.4) is 0 Å². The highest BCUT2D eigenvalue weighted by molar-refractivity contribution is 7.89. The zero-order chi connectivity index (χ0) is 22.1. The maximum Gasteiger partial charge on any atom is 0.243 e. The van der Waals surface area contributed by atoms with Crippen molar-refractivity contribution in [2.24, 2.45) is 0 Å². The number of aryl methyl sites for hydroxylation is 3. The first-order valence-corrected chi connectivity index (χ1v) is 11.5. The molecule has 2 aromatic rings. The molecule has 0 bridgehead atoms. The van der Waals surface area contributed by atoms with Crippen LogP contribution in [0.1, 0.15) is 30.8 Å². The Morgan fingerprint density at radius 2 is 1.63 bits per heavy atom. The fourth-order valence-corrected chi connectivity index (χ4v) is 5.24. The van der Waals surface area contributed by atoms with E-state index in [-0.39, 0.29) is 6.10 Å². The van der Waals surface area contributed by atoms with Gasteiger partial charge in [0.25, 0.3) is 0 Å². The van der Waals surface area contributed by atoms with E-state index >= 15 is 0 Å². The van der Waals surface area contributed by atoms with Gasteiger partial charge in [-0.3, -0.25) is 0 Å². The summed E-state index contributed by atoms with van der Waals surface area (Å²) in [6.07, 6.45) is 0.0175. The zero-order valence-corrected chi connectivity index (χ0v) is 19.3. The Balaban J connectivity index is 1.78. The standard InChI is InChI=1S/C21H30N4O4S/c1-14(2)29-21-13-20(22-17(5)23-21)24-7-9-25(10-8-24)30(26,27)19-12-18(28-6)15(3)11-16(19)4/h11-14H,7-10H2,1-6H3. The highest BCUT2D eigenvalue weighted by Crippen LogP contribution is 2.29. The predicted molar refractivity (Wildman–Crippen MR) is 116 cm³/mol. The number of anilines is 1. The molecule has 164 valence electrons. The Hall–Kier alpha value is -2.39. The van der Waals surface area contributed by atoms with Crippen LogP contribution in [0.15, 0.2) is 23.1 Å². The summed E-state index contributed by atoms with van der Waals surface area (Å²) in [6.45, 7) is 11.3. The fraction of sp³-hybridized carbons (Fsp3) is 0.524.